The van der Waals surface area contributed by atoms with Gasteiger partial charge in [0.05, 0.1) is 19.2 Å². The van der Waals surface area contributed by atoms with Crippen LogP contribution in [-0.2, 0) is 21.4 Å². The fraction of sp³-hybridized carbons (Fsp3) is 0.417. The molecule has 0 aliphatic heterocycles. The number of nitrogens with zero attached hydrogens (tertiary/aromatic N) is 1. The van der Waals surface area contributed by atoms with Crippen LogP contribution in [0.2, 0.25) is 0 Å². The minimum absolute atomic E-state index is 0.141. The lowest BCUT2D eigenvalue weighted by Crippen LogP contribution is -2.27. The monoisotopic (exact) mass is 285 g/mol. The average molecular weight is 285 g/mol. The van der Waals surface area contributed by atoms with Crippen LogP contribution in [0.25, 0.3) is 0 Å². The summed E-state index contributed by atoms with van der Waals surface area (Å²) in [6.45, 7) is 2.31. The van der Waals surface area contributed by atoms with Gasteiger partial charge >= 0.3 is 0 Å². The predicted octanol–water partition coefficient (Wildman–Crippen LogP) is 1.17. The predicted molar refractivity (Wildman–Crippen MR) is 76.7 cm³/mol. The van der Waals surface area contributed by atoms with Gasteiger partial charge in [-0.15, -0.1) is 0 Å². The Balaban J connectivity index is 2.48. The van der Waals surface area contributed by atoms with Gasteiger partial charge in [0.2, 0.25) is 10.0 Å². The highest BCUT2D eigenvalue weighted by atomic mass is 32.2. The molecule has 1 aromatic rings. The molecule has 0 amide bonds. The Bertz CT molecular complexity index is 512. The van der Waals surface area contributed by atoms with Crippen molar-refractivity contribution in [2.45, 2.75) is 19.8 Å². The van der Waals surface area contributed by atoms with Crippen LogP contribution < -0.4 is 10.0 Å². The Hall–Kier alpha value is -1.60. The van der Waals surface area contributed by atoms with Gasteiger partial charge in [0, 0.05) is 12.7 Å². The normalized spacial score (nSPS) is 13.4. The number of aliphatic imine (C=N–C) groups is 1. The number of sulfonamides is 1. The first-order chi connectivity index (χ1) is 8.90. The molecule has 0 aromatic heterocycles. The van der Waals surface area contributed by atoms with Crippen LogP contribution in [0.5, 0.6) is 0 Å². The summed E-state index contributed by atoms with van der Waals surface area (Å²) in [4.78, 5) is 3.80. The molecule has 0 fully saturated rings. The SMILES string of the molecule is CN=CNC(C)OCc1ccc(NS(C)(=O)=O)cc1. The van der Waals surface area contributed by atoms with Gasteiger partial charge in [0.25, 0.3) is 0 Å². The summed E-state index contributed by atoms with van der Waals surface area (Å²) in [5.74, 6) is 0. The Labute approximate surface area is 113 Å². The van der Waals surface area contributed by atoms with Crippen molar-refractivity contribution in [2.75, 3.05) is 18.0 Å². The molecule has 0 aliphatic rings. The average Bonchev–Trinajstić information content (AvgIpc) is 2.33. The van der Waals surface area contributed by atoms with Crippen LogP contribution in [0, 0.1) is 0 Å². The van der Waals surface area contributed by atoms with Crippen LogP contribution in [0.1, 0.15) is 12.5 Å². The molecule has 0 radical (unpaired) electrons. The fourth-order valence-electron chi connectivity index (χ4n) is 1.33. The smallest absolute Gasteiger partial charge is 0.229 e. The molecule has 0 aliphatic carbocycles. The highest BCUT2D eigenvalue weighted by Crippen LogP contribution is 2.11. The molecule has 1 unspecified atom stereocenters. The molecule has 0 saturated carbocycles. The third-order valence-corrected chi connectivity index (χ3v) is 2.80. The maximum absolute atomic E-state index is 11.0. The van der Waals surface area contributed by atoms with Crippen molar-refractivity contribution in [3.05, 3.63) is 29.8 Å². The molecular formula is C12H19N3O3S. The van der Waals surface area contributed by atoms with E-state index in [2.05, 4.69) is 15.0 Å². The molecule has 106 valence electrons. The molecule has 0 bridgehead atoms. The van der Waals surface area contributed by atoms with E-state index >= 15 is 0 Å². The maximum atomic E-state index is 11.0. The van der Waals surface area contributed by atoms with E-state index < -0.39 is 10.0 Å². The molecule has 0 heterocycles. The number of rotatable bonds is 7. The zero-order valence-corrected chi connectivity index (χ0v) is 12.1. The standard InChI is InChI=1S/C12H19N3O3S/c1-10(14-9-13-2)18-8-11-4-6-12(7-5-11)15-19(3,16)17/h4-7,9-10,15H,8H2,1-3H3,(H,13,14). The van der Waals surface area contributed by atoms with Gasteiger partial charge in [0.1, 0.15) is 6.23 Å². The second-order valence-electron chi connectivity index (χ2n) is 4.08. The minimum atomic E-state index is -3.23. The topological polar surface area (TPSA) is 79.8 Å². The van der Waals surface area contributed by atoms with Gasteiger partial charge in [0.15, 0.2) is 0 Å². The van der Waals surface area contributed by atoms with Crippen molar-refractivity contribution < 1.29 is 13.2 Å². The molecular weight excluding hydrogens is 266 g/mol. The number of hydrogen-bond acceptors (Lipinski definition) is 4. The summed E-state index contributed by atoms with van der Waals surface area (Å²) in [6.07, 6.45) is 2.55. The van der Waals surface area contributed by atoms with E-state index in [0.29, 0.717) is 12.3 Å². The fourth-order valence-corrected chi connectivity index (χ4v) is 1.90. The largest absolute Gasteiger partial charge is 0.354 e. The maximum Gasteiger partial charge on any atom is 0.229 e. The van der Waals surface area contributed by atoms with Crippen molar-refractivity contribution in [1.29, 1.82) is 0 Å². The second-order valence-corrected chi connectivity index (χ2v) is 5.83. The molecule has 1 atom stereocenters. The van der Waals surface area contributed by atoms with E-state index in [1.54, 1.807) is 25.5 Å². The van der Waals surface area contributed by atoms with Gasteiger partial charge in [-0.25, -0.2) is 8.42 Å². The van der Waals surface area contributed by atoms with Crippen LogP contribution in [0.15, 0.2) is 29.3 Å². The summed E-state index contributed by atoms with van der Waals surface area (Å²) >= 11 is 0. The van der Waals surface area contributed by atoms with E-state index in [1.165, 1.54) is 0 Å². The van der Waals surface area contributed by atoms with E-state index in [0.717, 1.165) is 11.8 Å². The van der Waals surface area contributed by atoms with Crippen molar-refractivity contribution in [3.8, 4) is 0 Å². The second kappa shape index (κ2) is 7.10. The molecule has 19 heavy (non-hydrogen) atoms. The van der Waals surface area contributed by atoms with Crippen LogP contribution in [0.4, 0.5) is 5.69 Å². The number of nitrogens with one attached hydrogen (secondary N) is 2. The molecule has 7 heteroatoms. The van der Waals surface area contributed by atoms with E-state index in [9.17, 15) is 8.42 Å². The molecule has 0 spiro atoms. The van der Waals surface area contributed by atoms with Crippen molar-refractivity contribution in [2.24, 2.45) is 4.99 Å². The van der Waals surface area contributed by atoms with Crippen molar-refractivity contribution >= 4 is 22.0 Å². The Kier molecular flexibility index (Phi) is 5.78. The quantitative estimate of drug-likeness (QED) is 0.448. The molecule has 0 saturated heterocycles. The lowest BCUT2D eigenvalue weighted by molar-refractivity contribution is 0.0445. The molecule has 1 rings (SSSR count). The summed E-state index contributed by atoms with van der Waals surface area (Å²) in [7, 11) is -1.56. The van der Waals surface area contributed by atoms with E-state index in [4.69, 9.17) is 4.74 Å². The summed E-state index contributed by atoms with van der Waals surface area (Å²) < 4.78 is 30.0. The van der Waals surface area contributed by atoms with Gasteiger partial charge in [-0.2, -0.15) is 0 Å². The first-order valence-corrected chi connectivity index (χ1v) is 7.65. The Morgan fingerprint density at radius 3 is 2.53 bits per heavy atom. The van der Waals surface area contributed by atoms with Crippen LogP contribution in [0.3, 0.4) is 0 Å². The Morgan fingerprint density at radius 2 is 2.00 bits per heavy atom. The van der Waals surface area contributed by atoms with Crippen molar-refractivity contribution in [1.82, 2.24) is 5.32 Å². The van der Waals surface area contributed by atoms with Gasteiger partial charge in [-0.3, -0.25) is 9.71 Å². The van der Waals surface area contributed by atoms with Crippen LogP contribution >= 0.6 is 0 Å². The Morgan fingerprint density at radius 1 is 1.37 bits per heavy atom. The third kappa shape index (κ3) is 6.78. The number of benzene rings is 1. The zero-order valence-electron chi connectivity index (χ0n) is 11.3. The van der Waals surface area contributed by atoms with E-state index in [1.807, 2.05) is 19.1 Å². The number of anilines is 1. The first kappa shape index (κ1) is 15.5. The third-order valence-electron chi connectivity index (χ3n) is 2.20. The van der Waals surface area contributed by atoms with Gasteiger partial charge < -0.3 is 10.1 Å². The minimum Gasteiger partial charge on any atom is -0.354 e. The lowest BCUT2D eigenvalue weighted by Gasteiger charge is -2.13. The highest BCUT2D eigenvalue weighted by molar-refractivity contribution is 7.92. The molecule has 6 nitrogen and oxygen atoms in total. The summed E-state index contributed by atoms with van der Waals surface area (Å²) in [5, 5.41) is 2.94. The summed E-state index contributed by atoms with van der Waals surface area (Å²) in [6, 6.07) is 7.03. The number of ether oxygens (including phenoxy) is 1. The zero-order chi connectivity index (χ0) is 14.3. The lowest BCUT2D eigenvalue weighted by atomic mass is 10.2. The highest BCUT2D eigenvalue weighted by Gasteiger charge is 2.03. The molecule has 2 N–H and O–H groups in total. The van der Waals surface area contributed by atoms with Gasteiger partial charge in [-0.05, 0) is 24.6 Å². The van der Waals surface area contributed by atoms with E-state index in [-0.39, 0.29) is 6.23 Å². The molecule has 1 aromatic carbocycles. The van der Waals surface area contributed by atoms with Gasteiger partial charge in [-0.1, -0.05) is 12.1 Å². The first-order valence-electron chi connectivity index (χ1n) is 5.76. The summed E-state index contributed by atoms with van der Waals surface area (Å²) in [5.41, 5.74) is 1.50. The van der Waals surface area contributed by atoms with Crippen LogP contribution in [-0.4, -0.2) is 34.3 Å². The number of hydrogen-bond donors (Lipinski definition) is 2. The van der Waals surface area contributed by atoms with Crippen molar-refractivity contribution in [3.63, 3.8) is 0 Å².